The van der Waals surface area contributed by atoms with E-state index in [1.807, 2.05) is 17.1 Å². The highest BCUT2D eigenvalue weighted by Crippen LogP contribution is 2.40. The van der Waals surface area contributed by atoms with Crippen molar-refractivity contribution in [1.82, 2.24) is 24.4 Å². The Morgan fingerprint density at radius 2 is 1.75 bits per heavy atom. The maximum atomic E-state index is 13.2. The van der Waals surface area contributed by atoms with Crippen molar-refractivity contribution in [3.8, 4) is 0 Å². The van der Waals surface area contributed by atoms with Crippen LogP contribution in [0.25, 0.3) is 0 Å². The molecular weight excluding hydrogens is 499 g/mol. The maximum Gasteiger partial charge on any atom is 0.390 e. The summed E-state index contributed by atoms with van der Waals surface area (Å²) in [6.07, 6.45) is 3.64. The smallest absolute Gasteiger partial charge is 0.360 e. The van der Waals surface area contributed by atoms with Crippen LogP contribution >= 0.6 is 0 Å². The molecule has 2 unspecified atom stereocenters. The van der Waals surface area contributed by atoms with Gasteiger partial charge in [0.05, 0.1) is 6.42 Å². The van der Waals surface area contributed by atoms with Crippen LogP contribution in [0.15, 0.2) is 22.7 Å². The third-order valence-corrected chi connectivity index (χ3v) is 9.17. The molecule has 3 fully saturated rings. The maximum absolute atomic E-state index is 13.2. The number of piperazine rings is 1. The summed E-state index contributed by atoms with van der Waals surface area (Å²) in [6, 6.07) is 0.570. The number of hydrogen-bond donors (Lipinski definition) is 2. The molecule has 2 bridgehead atoms. The van der Waals surface area contributed by atoms with Gasteiger partial charge in [0.2, 0.25) is 0 Å². The number of fused-ring (bicyclic) bond motifs is 2. The first kappa shape index (κ1) is 25.7. The Kier molecular flexibility index (Phi) is 7.18. The third-order valence-electron chi connectivity index (χ3n) is 7.56. The van der Waals surface area contributed by atoms with Gasteiger partial charge in [-0.2, -0.15) is 30.6 Å². The van der Waals surface area contributed by atoms with Crippen LogP contribution in [0.1, 0.15) is 73.5 Å². The summed E-state index contributed by atoms with van der Waals surface area (Å²) in [5.41, 5.74) is 0.223. The monoisotopic (exact) mass is 531 g/mol. The minimum atomic E-state index is -4.23. The van der Waals surface area contributed by atoms with Crippen molar-refractivity contribution in [3.63, 3.8) is 0 Å². The normalized spacial score (nSPS) is 29.9. The van der Waals surface area contributed by atoms with Crippen molar-refractivity contribution >= 4 is 16.1 Å². The number of rotatable bonds is 8. The van der Waals surface area contributed by atoms with Gasteiger partial charge in [0.1, 0.15) is 5.76 Å². The van der Waals surface area contributed by atoms with Gasteiger partial charge in [-0.15, -0.1) is 0 Å². The van der Waals surface area contributed by atoms with E-state index in [9.17, 15) is 26.4 Å². The Morgan fingerprint density at radius 1 is 1.08 bits per heavy atom. The number of aromatic nitrogens is 1. The Hall–Kier alpha value is -1.96. The number of carbonyl (C=O) groups excluding carboxylic acids is 1. The van der Waals surface area contributed by atoms with Crippen LogP contribution in [-0.2, 0) is 10.2 Å². The van der Waals surface area contributed by atoms with Crippen LogP contribution in [0, 0.1) is 0 Å². The molecule has 1 saturated carbocycles. The molecule has 2 N–H and O–H groups in total. The Bertz CT molecular complexity index is 1070. The number of halogens is 3. The van der Waals surface area contributed by atoms with E-state index in [0.717, 1.165) is 18.6 Å². The van der Waals surface area contributed by atoms with Crippen molar-refractivity contribution in [3.05, 3.63) is 29.7 Å². The van der Waals surface area contributed by atoms with Crippen molar-refractivity contribution in [2.45, 2.75) is 87.6 Å². The van der Waals surface area contributed by atoms with Gasteiger partial charge in [-0.1, -0.05) is 17.3 Å². The zero-order valence-corrected chi connectivity index (χ0v) is 20.7. The van der Waals surface area contributed by atoms with Gasteiger partial charge < -0.3 is 9.84 Å². The SMILES string of the molecule is O=C(N[C@H]1CC=CC[C@H](NS(=O)(=O)N2CC3CCC(C2)N3CCC(F)(F)F)C1)c1cc(C2CC2)on1. The number of nitrogens with zero attached hydrogens (tertiary/aromatic N) is 3. The first-order valence-electron chi connectivity index (χ1n) is 12.6. The summed E-state index contributed by atoms with van der Waals surface area (Å²) in [4.78, 5) is 14.5. The summed E-state index contributed by atoms with van der Waals surface area (Å²) in [5, 5.41) is 6.81. The van der Waals surface area contributed by atoms with E-state index in [0.29, 0.717) is 38.0 Å². The lowest BCUT2D eigenvalue weighted by Gasteiger charge is -2.40. The summed E-state index contributed by atoms with van der Waals surface area (Å²) < 4.78 is 73.9. The van der Waals surface area contributed by atoms with Gasteiger partial charge in [-0.3, -0.25) is 9.69 Å². The summed E-state index contributed by atoms with van der Waals surface area (Å²) >= 11 is 0. The summed E-state index contributed by atoms with van der Waals surface area (Å²) in [6.45, 7) is 0.270. The third kappa shape index (κ3) is 6.12. The van der Waals surface area contributed by atoms with E-state index in [2.05, 4.69) is 15.2 Å². The molecule has 2 saturated heterocycles. The van der Waals surface area contributed by atoms with Crippen molar-refractivity contribution in [2.75, 3.05) is 19.6 Å². The van der Waals surface area contributed by atoms with Crippen molar-refractivity contribution in [2.24, 2.45) is 0 Å². The predicted molar refractivity (Wildman–Crippen MR) is 124 cm³/mol. The highest BCUT2D eigenvalue weighted by Gasteiger charge is 2.45. The number of amides is 1. The second-order valence-corrected chi connectivity index (χ2v) is 12.1. The largest absolute Gasteiger partial charge is 0.390 e. The number of hydrogen-bond acceptors (Lipinski definition) is 6. The highest BCUT2D eigenvalue weighted by atomic mass is 32.2. The molecule has 36 heavy (non-hydrogen) atoms. The van der Waals surface area contributed by atoms with E-state index in [1.54, 1.807) is 6.07 Å². The molecule has 0 spiro atoms. The number of nitrogens with one attached hydrogen (secondary N) is 2. The van der Waals surface area contributed by atoms with Gasteiger partial charge in [0.25, 0.3) is 16.1 Å². The lowest BCUT2D eigenvalue weighted by atomic mass is 10.1. The second-order valence-electron chi connectivity index (χ2n) is 10.4. The Labute approximate surface area is 208 Å². The molecule has 4 aliphatic rings. The molecule has 2 aliphatic heterocycles. The fraction of sp³-hybridized carbons (Fsp3) is 0.739. The molecular formula is C23H32F3N5O4S. The van der Waals surface area contributed by atoms with Crippen molar-refractivity contribution < 1.29 is 30.9 Å². The molecule has 1 aromatic heterocycles. The number of alkyl halides is 3. The Morgan fingerprint density at radius 3 is 2.39 bits per heavy atom. The van der Waals surface area contributed by atoms with Crippen molar-refractivity contribution in [1.29, 1.82) is 0 Å². The summed E-state index contributed by atoms with van der Waals surface area (Å²) in [5.74, 6) is 0.721. The quantitative estimate of drug-likeness (QED) is 0.500. The fourth-order valence-corrected chi connectivity index (χ4v) is 7.04. The molecule has 9 nitrogen and oxygen atoms in total. The highest BCUT2D eigenvalue weighted by molar-refractivity contribution is 7.87. The first-order valence-corrected chi connectivity index (χ1v) is 14.0. The molecule has 3 heterocycles. The predicted octanol–water partition coefficient (Wildman–Crippen LogP) is 2.69. The van der Waals surface area contributed by atoms with Crippen LogP contribution in [0.2, 0.25) is 0 Å². The second kappa shape index (κ2) is 10.1. The lowest BCUT2D eigenvalue weighted by molar-refractivity contribution is -0.140. The van der Waals surface area contributed by atoms with E-state index >= 15 is 0 Å². The minimum absolute atomic E-state index is 0.0946. The standard InChI is InChI=1S/C23H32F3N5O4S/c24-23(25,26)9-10-31-18-7-8-19(31)14-30(13-18)36(33,34)29-17-4-2-1-3-16(11-17)27-22(32)20-12-21(35-28-20)15-5-6-15/h1-2,12,15-19,29H,3-11,13-14H2,(H,27,32)/t16-,17-,18?,19?/m0/s1. The van der Waals surface area contributed by atoms with Gasteiger partial charge in [0.15, 0.2) is 5.69 Å². The zero-order valence-electron chi connectivity index (χ0n) is 19.9. The van der Waals surface area contributed by atoms with E-state index < -0.39 is 28.8 Å². The first-order chi connectivity index (χ1) is 17.1. The van der Waals surface area contributed by atoms with Gasteiger partial charge in [-0.25, -0.2) is 0 Å². The molecule has 4 atom stereocenters. The molecule has 0 radical (unpaired) electrons. The van der Waals surface area contributed by atoms with E-state index in [4.69, 9.17) is 4.52 Å². The Balaban J connectivity index is 1.16. The average molecular weight is 532 g/mol. The van der Waals surface area contributed by atoms with Crippen LogP contribution in [0.5, 0.6) is 0 Å². The molecule has 200 valence electrons. The molecule has 5 rings (SSSR count). The average Bonchev–Trinajstić information content (AvgIpc) is 3.53. The number of carbonyl (C=O) groups is 1. The van der Waals surface area contributed by atoms with Crippen LogP contribution < -0.4 is 10.0 Å². The molecule has 0 aromatic carbocycles. The van der Waals surface area contributed by atoms with E-state index in [-0.39, 0.29) is 49.4 Å². The molecule has 1 aromatic rings. The van der Waals surface area contributed by atoms with Crippen LogP contribution in [-0.4, -0.2) is 78.7 Å². The van der Waals surface area contributed by atoms with Crippen LogP contribution in [0.3, 0.4) is 0 Å². The van der Waals surface area contributed by atoms with E-state index in [1.165, 1.54) is 4.31 Å². The molecule has 2 aliphatic carbocycles. The lowest BCUT2D eigenvalue weighted by Crippen LogP contribution is -2.58. The van der Waals surface area contributed by atoms with Gasteiger partial charge in [-0.05, 0) is 44.9 Å². The molecule has 1 amide bonds. The fourth-order valence-electron chi connectivity index (χ4n) is 5.54. The molecule has 13 heteroatoms. The minimum Gasteiger partial charge on any atom is -0.360 e. The summed E-state index contributed by atoms with van der Waals surface area (Å²) in [7, 11) is -3.83. The van der Waals surface area contributed by atoms with Gasteiger partial charge in [0, 0.05) is 55.8 Å². The van der Waals surface area contributed by atoms with Gasteiger partial charge >= 0.3 is 6.18 Å². The zero-order chi connectivity index (χ0) is 25.5. The van der Waals surface area contributed by atoms with Crippen LogP contribution in [0.4, 0.5) is 13.2 Å². The topological polar surface area (TPSA) is 108 Å².